The molecule has 3 N–H and O–H groups in total. The van der Waals surface area contributed by atoms with Crippen LogP contribution in [0.5, 0.6) is 0 Å². The van der Waals surface area contributed by atoms with E-state index in [0.29, 0.717) is 0 Å². The zero-order valence-electron chi connectivity index (χ0n) is 9.85. The molecule has 0 aliphatic rings. The summed E-state index contributed by atoms with van der Waals surface area (Å²) in [4.78, 5) is 11.4. The predicted molar refractivity (Wildman–Crippen MR) is 65.8 cm³/mol. The maximum Gasteiger partial charge on any atom is 0.239 e. The number of carbonyl (C=O) groups is 1. The van der Waals surface area contributed by atoms with Gasteiger partial charge in [-0.2, -0.15) is 0 Å². The molecule has 0 spiro atoms. The fraction of sp³-hybridized carbons (Fsp3) is 0.417. The number of anilines is 1. The highest BCUT2D eigenvalue weighted by atomic mass is 16.5. The van der Waals surface area contributed by atoms with E-state index in [1.165, 1.54) is 7.11 Å². The maximum atomic E-state index is 11.4. The van der Waals surface area contributed by atoms with Crippen LogP contribution in [-0.4, -0.2) is 43.9 Å². The van der Waals surface area contributed by atoms with Gasteiger partial charge in [0.2, 0.25) is 5.91 Å². The Bertz CT molecular complexity index is 330. The minimum absolute atomic E-state index is 0.163. The van der Waals surface area contributed by atoms with Gasteiger partial charge < -0.3 is 20.5 Å². The van der Waals surface area contributed by atoms with Crippen molar-refractivity contribution in [1.29, 1.82) is 0 Å². The number of methoxy groups -OCH3 is 1. The summed E-state index contributed by atoms with van der Waals surface area (Å²) < 4.78 is 4.75. The van der Waals surface area contributed by atoms with E-state index >= 15 is 0 Å². The molecule has 94 valence electrons. The molecule has 5 heteroatoms. The lowest BCUT2D eigenvalue weighted by Crippen LogP contribution is -2.37. The molecule has 0 saturated carbocycles. The lowest BCUT2D eigenvalue weighted by Gasteiger charge is -2.11. The van der Waals surface area contributed by atoms with Crippen molar-refractivity contribution in [1.82, 2.24) is 5.32 Å². The predicted octanol–water partition coefficient (Wildman–Crippen LogP) is 0.222. The fourth-order valence-electron chi connectivity index (χ4n) is 1.28. The molecule has 0 aliphatic heterocycles. The van der Waals surface area contributed by atoms with Crippen LogP contribution in [0, 0.1) is 0 Å². The van der Waals surface area contributed by atoms with Crippen molar-refractivity contribution >= 4 is 11.6 Å². The monoisotopic (exact) mass is 238 g/mol. The molecule has 1 amide bonds. The Morgan fingerprint density at radius 2 is 2.12 bits per heavy atom. The normalized spacial score (nSPS) is 11.9. The number of hydrogen-bond donors (Lipinski definition) is 3. The first-order chi connectivity index (χ1) is 8.22. The van der Waals surface area contributed by atoms with Gasteiger partial charge in [-0.1, -0.05) is 18.2 Å². The molecule has 0 aliphatic carbocycles. The highest BCUT2D eigenvalue weighted by Gasteiger charge is 2.06. The molecule has 1 rings (SSSR count). The number of amides is 1. The number of aliphatic hydroxyl groups excluding tert-OH is 1. The van der Waals surface area contributed by atoms with Crippen molar-refractivity contribution in [3.8, 4) is 0 Å². The van der Waals surface area contributed by atoms with Crippen LogP contribution in [0.15, 0.2) is 30.3 Å². The van der Waals surface area contributed by atoms with Gasteiger partial charge in [-0.25, -0.2) is 0 Å². The Morgan fingerprint density at radius 3 is 2.76 bits per heavy atom. The smallest absolute Gasteiger partial charge is 0.239 e. The quantitative estimate of drug-likeness (QED) is 0.635. The zero-order chi connectivity index (χ0) is 12.5. The molecule has 0 radical (unpaired) electrons. The van der Waals surface area contributed by atoms with Crippen LogP contribution in [0.4, 0.5) is 5.69 Å². The van der Waals surface area contributed by atoms with E-state index in [-0.39, 0.29) is 25.6 Å². The van der Waals surface area contributed by atoms with Crippen molar-refractivity contribution in [3.63, 3.8) is 0 Å². The van der Waals surface area contributed by atoms with Crippen LogP contribution >= 0.6 is 0 Å². The van der Waals surface area contributed by atoms with Crippen LogP contribution in [-0.2, 0) is 9.53 Å². The summed E-state index contributed by atoms with van der Waals surface area (Å²) >= 11 is 0. The molecule has 1 aromatic rings. The van der Waals surface area contributed by atoms with Gasteiger partial charge in [0.25, 0.3) is 0 Å². The standard InChI is InChI=1S/C12H18N2O3/c1-17-9-11(15)7-14-12(16)8-13-10-5-3-2-4-6-10/h2-6,11,13,15H,7-9H2,1H3,(H,14,16). The molecular weight excluding hydrogens is 220 g/mol. The largest absolute Gasteiger partial charge is 0.389 e. The number of hydrogen-bond acceptors (Lipinski definition) is 4. The second kappa shape index (κ2) is 7.65. The highest BCUT2D eigenvalue weighted by molar-refractivity contribution is 5.80. The number of aliphatic hydroxyl groups is 1. The second-order valence-electron chi connectivity index (χ2n) is 3.63. The fourth-order valence-corrected chi connectivity index (χ4v) is 1.28. The van der Waals surface area contributed by atoms with Gasteiger partial charge >= 0.3 is 0 Å². The average Bonchev–Trinajstić information content (AvgIpc) is 2.35. The third kappa shape index (κ3) is 5.89. The zero-order valence-corrected chi connectivity index (χ0v) is 9.85. The Hall–Kier alpha value is -1.59. The molecule has 5 nitrogen and oxygen atoms in total. The topological polar surface area (TPSA) is 70.6 Å². The Labute approximate surface area is 101 Å². The lowest BCUT2D eigenvalue weighted by atomic mass is 10.3. The van der Waals surface area contributed by atoms with E-state index < -0.39 is 6.10 Å². The number of carbonyl (C=O) groups excluding carboxylic acids is 1. The van der Waals surface area contributed by atoms with Gasteiger partial charge in [-0.05, 0) is 12.1 Å². The van der Waals surface area contributed by atoms with Crippen molar-refractivity contribution in [3.05, 3.63) is 30.3 Å². The van der Waals surface area contributed by atoms with Gasteiger partial charge in [0.05, 0.1) is 19.3 Å². The summed E-state index contributed by atoms with van der Waals surface area (Å²) in [5.74, 6) is -0.163. The molecule has 0 saturated heterocycles. The minimum atomic E-state index is -0.666. The molecule has 17 heavy (non-hydrogen) atoms. The Kier molecular flexibility index (Phi) is 6.06. The van der Waals surface area contributed by atoms with Crippen molar-refractivity contribution in [2.75, 3.05) is 32.1 Å². The molecule has 1 atom stereocenters. The molecule has 0 heterocycles. The summed E-state index contributed by atoms with van der Waals surface area (Å²) in [7, 11) is 1.50. The Morgan fingerprint density at radius 1 is 1.41 bits per heavy atom. The number of ether oxygens (including phenoxy) is 1. The van der Waals surface area contributed by atoms with Crippen molar-refractivity contribution < 1.29 is 14.6 Å². The number of benzene rings is 1. The molecule has 1 aromatic carbocycles. The van der Waals surface area contributed by atoms with Gasteiger partial charge in [0.1, 0.15) is 0 Å². The number of rotatable bonds is 7. The van der Waals surface area contributed by atoms with E-state index in [4.69, 9.17) is 4.74 Å². The van der Waals surface area contributed by atoms with Crippen molar-refractivity contribution in [2.45, 2.75) is 6.10 Å². The lowest BCUT2D eigenvalue weighted by molar-refractivity contribution is -0.120. The van der Waals surface area contributed by atoms with E-state index in [1.807, 2.05) is 30.3 Å². The van der Waals surface area contributed by atoms with Crippen LogP contribution in [0.2, 0.25) is 0 Å². The van der Waals surface area contributed by atoms with Crippen LogP contribution < -0.4 is 10.6 Å². The van der Waals surface area contributed by atoms with Gasteiger partial charge in [-0.3, -0.25) is 4.79 Å². The second-order valence-corrected chi connectivity index (χ2v) is 3.63. The third-order valence-corrected chi connectivity index (χ3v) is 2.12. The SMILES string of the molecule is COCC(O)CNC(=O)CNc1ccccc1. The van der Waals surface area contributed by atoms with E-state index in [9.17, 15) is 9.90 Å². The molecular formula is C12H18N2O3. The maximum absolute atomic E-state index is 11.4. The third-order valence-electron chi connectivity index (χ3n) is 2.12. The first-order valence-electron chi connectivity index (χ1n) is 5.45. The summed E-state index contributed by atoms with van der Waals surface area (Å²) in [6.07, 6.45) is -0.666. The molecule has 1 unspecified atom stereocenters. The van der Waals surface area contributed by atoms with Crippen LogP contribution in [0.3, 0.4) is 0 Å². The van der Waals surface area contributed by atoms with Crippen LogP contribution in [0.1, 0.15) is 0 Å². The van der Waals surface area contributed by atoms with E-state index in [2.05, 4.69) is 10.6 Å². The molecule has 0 aromatic heterocycles. The van der Waals surface area contributed by atoms with Crippen molar-refractivity contribution in [2.24, 2.45) is 0 Å². The average molecular weight is 238 g/mol. The van der Waals surface area contributed by atoms with Gasteiger partial charge in [0.15, 0.2) is 0 Å². The van der Waals surface area contributed by atoms with Crippen LogP contribution in [0.25, 0.3) is 0 Å². The summed E-state index contributed by atoms with van der Waals surface area (Å²) in [5, 5.41) is 14.9. The first kappa shape index (κ1) is 13.5. The molecule has 0 fully saturated rings. The highest BCUT2D eigenvalue weighted by Crippen LogP contribution is 2.03. The summed E-state index contributed by atoms with van der Waals surface area (Å²) in [6, 6.07) is 9.46. The molecule has 0 bridgehead atoms. The van der Waals surface area contributed by atoms with Gasteiger partial charge in [0, 0.05) is 19.3 Å². The van der Waals surface area contributed by atoms with E-state index in [1.54, 1.807) is 0 Å². The minimum Gasteiger partial charge on any atom is -0.389 e. The Balaban J connectivity index is 2.17. The van der Waals surface area contributed by atoms with E-state index in [0.717, 1.165) is 5.69 Å². The summed E-state index contributed by atoms with van der Waals surface area (Å²) in [5.41, 5.74) is 0.889. The first-order valence-corrected chi connectivity index (χ1v) is 5.45. The van der Waals surface area contributed by atoms with Gasteiger partial charge in [-0.15, -0.1) is 0 Å². The summed E-state index contributed by atoms with van der Waals surface area (Å²) in [6.45, 7) is 0.596. The number of nitrogens with one attached hydrogen (secondary N) is 2. The number of para-hydroxylation sites is 1.